The van der Waals surface area contributed by atoms with Crippen molar-refractivity contribution in [2.75, 3.05) is 7.11 Å². The molecule has 1 saturated heterocycles. The van der Waals surface area contributed by atoms with Crippen molar-refractivity contribution in [2.45, 2.75) is 24.8 Å². The summed E-state index contributed by atoms with van der Waals surface area (Å²) in [5.41, 5.74) is 1.24. The minimum atomic E-state index is 0.178. The van der Waals surface area contributed by atoms with Gasteiger partial charge < -0.3 is 10.1 Å². The Morgan fingerprint density at radius 1 is 1.31 bits per heavy atom. The summed E-state index contributed by atoms with van der Waals surface area (Å²) in [6, 6.07) is 8.49. The molecule has 0 aromatic heterocycles. The fourth-order valence-corrected chi connectivity index (χ4v) is 2.99. The third kappa shape index (κ3) is 1.39. The van der Waals surface area contributed by atoms with E-state index in [-0.39, 0.29) is 11.8 Å². The third-order valence-electron chi connectivity index (χ3n) is 3.77. The number of ether oxygens (including phenoxy) is 1. The zero-order valence-corrected chi connectivity index (χ0v) is 9.27. The Kier molecular flexibility index (Phi) is 2.13. The Labute approximate surface area is 94.8 Å². The number of hydrogen-bond donors (Lipinski definition) is 1. The van der Waals surface area contributed by atoms with Crippen LogP contribution in [0.15, 0.2) is 24.3 Å². The molecule has 3 nitrogen and oxygen atoms in total. The molecule has 1 aliphatic carbocycles. The molecule has 3 atom stereocenters. The molecule has 0 unspecified atom stereocenters. The minimum Gasteiger partial charge on any atom is -0.497 e. The highest BCUT2D eigenvalue weighted by atomic mass is 16.5. The van der Waals surface area contributed by atoms with Crippen molar-refractivity contribution >= 4 is 5.91 Å². The van der Waals surface area contributed by atoms with Crippen LogP contribution in [0.3, 0.4) is 0 Å². The van der Waals surface area contributed by atoms with Crippen LogP contribution in [-0.4, -0.2) is 19.1 Å². The number of nitrogens with one attached hydrogen (secondary N) is 1. The van der Waals surface area contributed by atoms with E-state index in [1.807, 2.05) is 12.1 Å². The smallest absolute Gasteiger partial charge is 0.224 e. The number of carbonyl (C=O) groups is 1. The van der Waals surface area contributed by atoms with Crippen LogP contribution in [0.4, 0.5) is 0 Å². The predicted molar refractivity (Wildman–Crippen MR) is 60.4 cm³/mol. The summed E-state index contributed by atoms with van der Waals surface area (Å²) < 4.78 is 5.22. The second-order valence-electron chi connectivity index (χ2n) is 4.67. The number of benzene rings is 1. The van der Waals surface area contributed by atoms with Crippen LogP contribution in [0.25, 0.3) is 0 Å². The van der Waals surface area contributed by atoms with Crippen LogP contribution in [0.2, 0.25) is 0 Å². The van der Waals surface area contributed by atoms with Crippen LogP contribution >= 0.6 is 0 Å². The van der Waals surface area contributed by atoms with E-state index in [9.17, 15) is 4.79 Å². The van der Waals surface area contributed by atoms with Gasteiger partial charge in [-0.05, 0) is 36.5 Å². The zero-order valence-electron chi connectivity index (χ0n) is 9.27. The normalized spacial score (nSPS) is 31.6. The van der Waals surface area contributed by atoms with Crippen LogP contribution in [0, 0.1) is 5.92 Å². The average Bonchev–Trinajstić information content (AvgIpc) is 2.88. The van der Waals surface area contributed by atoms with E-state index in [0.29, 0.717) is 12.0 Å². The lowest BCUT2D eigenvalue weighted by molar-refractivity contribution is -0.124. The first-order valence-corrected chi connectivity index (χ1v) is 5.72. The lowest BCUT2D eigenvalue weighted by atomic mass is 9.87. The summed E-state index contributed by atoms with van der Waals surface area (Å²) in [6.07, 6.45) is 2.07. The Morgan fingerprint density at radius 3 is 2.81 bits per heavy atom. The van der Waals surface area contributed by atoms with Crippen molar-refractivity contribution in [1.29, 1.82) is 0 Å². The lowest BCUT2D eigenvalue weighted by Gasteiger charge is -2.22. The number of carbonyl (C=O) groups excluding carboxylic acids is 1. The third-order valence-corrected chi connectivity index (χ3v) is 3.77. The van der Waals surface area contributed by atoms with Gasteiger partial charge in [-0.2, -0.15) is 0 Å². The van der Waals surface area contributed by atoms with E-state index in [2.05, 4.69) is 17.4 Å². The highest BCUT2D eigenvalue weighted by Crippen LogP contribution is 2.44. The van der Waals surface area contributed by atoms with Crippen molar-refractivity contribution in [3.05, 3.63) is 29.8 Å². The van der Waals surface area contributed by atoms with E-state index < -0.39 is 0 Å². The molecule has 0 radical (unpaired) electrons. The van der Waals surface area contributed by atoms with Crippen molar-refractivity contribution < 1.29 is 9.53 Å². The molecule has 1 aliphatic heterocycles. The van der Waals surface area contributed by atoms with Crippen LogP contribution in [0.5, 0.6) is 5.75 Å². The van der Waals surface area contributed by atoms with Gasteiger partial charge in [0.25, 0.3) is 0 Å². The molecule has 2 fully saturated rings. The van der Waals surface area contributed by atoms with E-state index in [4.69, 9.17) is 4.74 Å². The Bertz CT molecular complexity index is 430. The molecule has 0 spiro atoms. The van der Waals surface area contributed by atoms with Gasteiger partial charge in [0.2, 0.25) is 5.91 Å². The minimum absolute atomic E-state index is 0.178. The maximum Gasteiger partial charge on any atom is 0.224 e. The molecule has 16 heavy (non-hydrogen) atoms. The Balaban J connectivity index is 1.90. The lowest BCUT2D eigenvalue weighted by Crippen LogP contribution is -2.34. The fraction of sp³-hybridized carbons (Fsp3) is 0.462. The van der Waals surface area contributed by atoms with Gasteiger partial charge >= 0.3 is 0 Å². The number of piperidine rings is 1. The summed E-state index contributed by atoms with van der Waals surface area (Å²) >= 11 is 0. The number of methoxy groups -OCH3 is 1. The molecular formula is C13H15NO2. The van der Waals surface area contributed by atoms with Crippen molar-refractivity contribution in [1.82, 2.24) is 5.32 Å². The van der Waals surface area contributed by atoms with Crippen molar-refractivity contribution in [3.63, 3.8) is 0 Å². The number of hydrogen-bond acceptors (Lipinski definition) is 2. The molecule has 3 rings (SSSR count). The SMILES string of the molecule is COc1cccc([C@@H]2C[C@@H]3C[C@H]2C(=O)N3)c1. The van der Waals surface area contributed by atoms with Gasteiger partial charge in [0.15, 0.2) is 0 Å². The van der Waals surface area contributed by atoms with Gasteiger partial charge in [0, 0.05) is 12.0 Å². The van der Waals surface area contributed by atoms with Crippen LogP contribution in [0.1, 0.15) is 24.3 Å². The zero-order chi connectivity index (χ0) is 11.1. The Hall–Kier alpha value is -1.51. The molecule has 1 amide bonds. The quantitative estimate of drug-likeness (QED) is 0.818. The average molecular weight is 217 g/mol. The van der Waals surface area contributed by atoms with Gasteiger partial charge in [-0.1, -0.05) is 12.1 Å². The summed E-state index contributed by atoms with van der Waals surface area (Å²) in [4.78, 5) is 11.6. The summed E-state index contributed by atoms with van der Waals surface area (Å²) in [5, 5.41) is 3.01. The monoisotopic (exact) mass is 217 g/mol. The molecule has 1 aromatic rings. The van der Waals surface area contributed by atoms with Crippen molar-refractivity contribution in [3.8, 4) is 5.75 Å². The summed E-state index contributed by atoms with van der Waals surface area (Å²) in [6.45, 7) is 0. The molecule has 1 heterocycles. The fourth-order valence-electron chi connectivity index (χ4n) is 2.99. The maximum absolute atomic E-state index is 11.6. The van der Waals surface area contributed by atoms with Gasteiger partial charge in [-0.15, -0.1) is 0 Å². The van der Waals surface area contributed by atoms with Gasteiger partial charge in [0.05, 0.1) is 7.11 Å². The van der Waals surface area contributed by atoms with Gasteiger partial charge in [0.1, 0.15) is 5.75 Å². The van der Waals surface area contributed by atoms with E-state index in [0.717, 1.165) is 18.6 Å². The maximum atomic E-state index is 11.6. The first-order valence-electron chi connectivity index (χ1n) is 5.72. The molecule has 2 bridgehead atoms. The summed E-state index contributed by atoms with van der Waals surface area (Å²) in [7, 11) is 1.67. The van der Waals surface area contributed by atoms with E-state index in [1.54, 1.807) is 7.11 Å². The van der Waals surface area contributed by atoms with Crippen LogP contribution in [-0.2, 0) is 4.79 Å². The molecular weight excluding hydrogens is 202 g/mol. The highest BCUT2D eigenvalue weighted by molar-refractivity contribution is 5.83. The first kappa shape index (κ1) is 9.70. The van der Waals surface area contributed by atoms with E-state index in [1.165, 1.54) is 5.56 Å². The molecule has 1 N–H and O–H groups in total. The number of rotatable bonds is 2. The molecule has 1 aromatic carbocycles. The molecule has 1 saturated carbocycles. The largest absolute Gasteiger partial charge is 0.497 e. The van der Waals surface area contributed by atoms with Crippen LogP contribution < -0.4 is 10.1 Å². The molecule has 3 heteroatoms. The molecule has 84 valence electrons. The summed E-state index contributed by atoms with van der Waals surface area (Å²) in [5.74, 6) is 1.66. The molecule has 2 aliphatic rings. The Morgan fingerprint density at radius 2 is 2.12 bits per heavy atom. The number of amides is 1. The predicted octanol–water partition coefficient (Wildman–Crippen LogP) is 1.69. The van der Waals surface area contributed by atoms with Gasteiger partial charge in [-0.25, -0.2) is 0 Å². The van der Waals surface area contributed by atoms with E-state index >= 15 is 0 Å². The topological polar surface area (TPSA) is 38.3 Å². The van der Waals surface area contributed by atoms with Crippen molar-refractivity contribution in [2.24, 2.45) is 5.92 Å². The standard InChI is InChI=1S/C13H15NO2/c1-16-10-4-2-3-8(5-10)11-6-9-7-12(11)13(15)14-9/h2-5,9,11-12H,6-7H2,1H3,(H,14,15)/t9-,11+,12-/m1/s1. The van der Waals surface area contributed by atoms with Gasteiger partial charge in [-0.3, -0.25) is 4.79 Å². The first-order chi connectivity index (χ1) is 7.78. The second kappa shape index (κ2) is 3.51. The second-order valence-corrected chi connectivity index (χ2v) is 4.67. The number of fused-ring (bicyclic) bond motifs is 2. The highest BCUT2D eigenvalue weighted by Gasteiger charge is 2.45.